The number of rotatable bonds is 3. The van der Waals surface area contributed by atoms with Gasteiger partial charge in [0.05, 0.1) is 0 Å². The van der Waals surface area contributed by atoms with Crippen LogP contribution in [0.15, 0.2) is 36.3 Å². The van der Waals surface area contributed by atoms with E-state index in [4.69, 9.17) is 14.2 Å². The Balaban J connectivity index is 1.87. The van der Waals surface area contributed by atoms with E-state index in [-0.39, 0.29) is 0 Å². The Labute approximate surface area is 109 Å². The summed E-state index contributed by atoms with van der Waals surface area (Å²) in [5, 5.41) is 0. The van der Waals surface area contributed by atoms with E-state index in [1.165, 1.54) is 3.57 Å². The molecular formula is C12H13IO3. The molecule has 0 saturated heterocycles. The standard InChI is InChI=1S/C12H13IO3/c1-12(2)15-8-11(16-12)7-14-10-5-3-9(13)4-6-10/h3-6,8H,7H2,1-2H3. The topological polar surface area (TPSA) is 27.7 Å². The first-order chi connectivity index (χ1) is 7.55. The van der Waals surface area contributed by atoms with Gasteiger partial charge in [0.2, 0.25) is 5.79 Å². The van der Waals surface area contributed by atoms with Gasteiger partial charge in [0, 0.05) is 17.4 Å². The fourth-order valence-corrected chi connectivity index (χ4v) is 1.68. The van der Waals surface area contributed by atoms with Gasteiger partial charge in [-0.1, -0.05) is 0 Å². The van der Waals surface area contributed by atoms with Crippen LogP contribution in [0.5, 0.6) is 5.75 Å². The molecule has 1 aliphatic heterocycles. The van der Waals surface area contributed by atoms with E-state index in [9.17, 15) is 0 Å². The van der Waals surface area contributed by atoms with E-state index in [2.05, 4.69) is 22.6 Å². The largest absolute Gasteiger partial charge is 0.486 e. The summed E-state index contributed by atoms with van der Waals surface area (Å²) in [5.41, 5.74) is 0. The third-order valence-corrected chi connectivity index (χ3v) is 2.76. The second kappa shape index (κ2) is 4.53. The maximum Gasteiger partial charge on any atom is 0.244 e. The van der Waals surface area contributed by atoms with Crippen LogP contribution < -0.4 is 4.74 Å². The molecule has 0 unspecified atom stereocenters. The summed E-state index contributed by atoms with van der Waals surface area (Å²) in [6, 6.07) is 7.87. The molecule has 0 N–H and O–H groups in total. The number of hydrogen-bond acceptors (Lipinski definition) is 3. The molecule has 86 valence electrons. The van der Waals surface area contributed by atoms with Crippen molar-refractivity contribution in [3.8, 4) is 5.75 Å². The highest BCUT2D eigenvalue weighted by Crippen LogP contribution is 2.24. The Bertz CT molecular complexity index is 395. The lowest BCUT2D eigenvalue weighted by molar-refractivity contribution is -0.119. The van der Waals surface area contributed by atoms with E-state index < -0.39 is 5.79 Å². The minimum atomic E-state index is -0.565. The normalized spacial score (nSPS) is 17.3. The van der Waals surface area contributed by atoms with Crippen molar-refractivity contribution in [3.05, 3.63) is 39.9 Å². The van der Waals surface area contributed by atoms with Gasteiger partial charge in [-0.2, -0.15) is 0 Å². The van der Waals surface area contributed by atoms with Crippen molar-refractivity contribution in [2.75, 3.05) is 6.61 Å². The summed E-state index contributed by atoms with van der Waals surface area (Å²) in [5.74, 6) is 0.975. The molecule has 1 aromatic rings. The van der Waals surface area contributed by atoms with Gasteiger partial charge in [-0.25, -0.2) is 0 Å². The Kier molecular flexibility index (Phi) is 3.28. The highest BCUT2D eigenvalue weighted by atomic mass is 127. The van der Waals surface area contributed by atoms with Gasteiger partial charge in [-0.3, -0.25) is 0 Å². The lowest BCUT2D eigenvalue weighted by Crippen LogP contribution is -2.21. The fraction of sp³-hybridized carbons (Fsp3) is 0.333. The van der Waals surface area contributed by atoms with Crippen LogP contribution >= 0.6 is 22.6 Å². The highest BCUT2D eigenvalue weighted by Gasteiger charge is 2.27. The molecule has 16 heavy (non-hydrogen) atoms. The summed E-state index contributed by atoms with van der Waals surface area (Å²) in [6.07, 6.45) is 1.60. The summed E-state index contributed by atoms with van der Waals surface area (Å²) in [7, 11) is 0. The van der Waals surface area contributed by atoms with Gasteiger partial charge in [0.15, 0.2) is 5.76 Å². The minimum Gasteiger partial charge on any atom is -0.486 e. The maximum atomic E-state index is 5.56. The molecule has 0 atom stereocenters. The van der Waals surface area contributed by atoms with Crippen molar-refractivity contribution in [2.45, 2.75) is 19.6 Å². The summed E-state index contributed by atoms with van der Waals surface area (Å²) >= 11 is 2.26. The van der Waals surface area contributed by atoms with Crippen LogP contribution in [-0.4, -0.2) is 12.4 Å². The molecule has 4 heteroatoms. The van der Waals surface area contributed by atoms with Crippen LogP contribution in [0.4, 0.5) is 0 Å². The molecule has 0 bridgehead atoms. The predicted molar refractivity (Wildman–Crippen MR) is 69.0 cm³/mol. The van der Waals surface area contributed by atoms with Gasteiger partial charge in [-0.05, 0) is 46.9 Å². The van der Waals surface area contributed by atoms with E-state index in [0.29, 0.717) is 12.4 Å². The zero-order chi connectivity index (χ0) is 11.6. The van der Waals surface area contributed by atoms with E-state index in [1.54, 1.807) is 6.26 Å². The van der Waals surface area contributed by atoms with Crippen molar-refractivity contribution >= 4 is 22.6 Å². The molecule has 0 amide bonds. The average Bonchev–Trinajstić information content (AvgIpc) is 2.58. The van der Waals surface area contributed by atoms with Crippen molar-refractivity contribution in [1.82, 2.24) is 0 Å². The summed E-state index contributed by atoms with van der Waals surface area (Å²) < 4.78 is 17.5. The average molecular weight is 332 g/mol. The SMILES string of the molecule is CC1(C)OC=C(COc2ccc(I)cc2)O1. The van der Waals surface area contributed by atoms with Crippen molar-refractivity contribution in [2.24, 2.45) is 0 Å². The van der Waals surface area contributed by atoms with E-state index in [0.717, 1.165) is 5.75 Å². The molecule has 0 aliphatic carbocycles. The number of benzene rings is 1. The van der Waals surface area contributed by atoms with E-state index >= 15 is 0 Å². The smallest absolute Gasteiger partial charge is 0.244 e. The molecule has 0 saturated carbocycles. The minimum absolute atomic E-state index is 0.393. The molecule has 1 heterocycles. The zero-order valence-electron chi connectivity index (χ0n) is 9.20. The van der Waals surface area contributed by atoms with Crippen LogP contribution in [0.2, 0.25) is 0 Å². The fourth-order valence-electron chi connectivity index (χ4n) is 1.32. The Hall–Kier alpha value is -0.910. The summed E-state index contributed by atoms with van der Waals surface area (Å²) in [4.78, 5) is 0. The lowest BCUT2D eigenvalue weighted by Gasteiger charge is -2.18. The van der Waals surface area contributed by atoms with Gasteiger partial charge < -0.3 is 14.2 Å². The second-order valence-corrected chi connectivity index (χ2v) is 5.19. The second-order valence-electron chi connectivity index (χ2n) is 3.95. The molecule has 2 rings (SSSR count). The molecule has 3 nitrogen and oxygen atoms in total. The maximum absolute atomic E-state index is 5.56. The summed E-state index contributed by atoms with van der Waals surface area (Å²) in [6.45, 7) is 4.12. The molecule has 0 fully saturated rings. The van der Waals surface area contributed by atoms with Crippen LogP contribution in [0, 0.1) is 3.57 Å². The van der Waals surface area contributed by atoms with Crippen molar-refractivity contribution < 1.29 is 14.2 Å². The van der Waals surface area contributed by atoms with Gasteiger partial charge in [0.25, 0.3) is 0 Å². The lowest BCUT2D eigenvalue weighted by atomic mass is 10.3. The van der Waals surface area contributed by atoms with Crippen LogP contribution in [-0.2, 0) is 9.47 Å². The first-order valence-corrected chi connectivity index (χ1v) is 6.07. The Morgan fingerprint density at radius 2 is 1.94 bits per heavy atom. The van der Waals surface area contributed by atoms with Crippen molar-refractivity contribution in [3.63, 3.8) is 0 Å². The molecule has 0 radical (unpaired) electrons. The van der Waals surface area contributed by atoms with Crippen LogP contribution in [0.25, 0.3) is 0 Å². The van der Waals surface area contributed by atoms with Gasteiger partial charge in [0.1, 0.15) is 18.6 Å². The van der Waals surface area contributed by atoms with Gasteiger partial charge >= 0.3 is 0 Å². The quantitative estimate of drug-likeness (QED) is 0.795. The molecule has 1 aliphatic rings. The predicted octanol–water partition coefficient (Wildman–Crippen LogP) is 3.29. The monoisotopic (exact) mass is 332 g/mol. The molecule has 0 spiro atoms. The first-order valence-electron chi connectivity index (χ1n) is 4.99. The molecule has 1 aromatic carbocycles. The number of halogens is 1. The van der Waals surface area contributed by atoms with E-state index in [1.807, 2.05) is 38.1 Å². The molecule has 0 aromatic heterocycles. The zero-order valence-corrected chi connectivity index (χ0v) is 11.4. The number of ether oxygens (including phenoxy) is 3. The third kappa shape index (κ3) is 3.04. The van der Waals surface area contributed by atoms with Crippen LogP contribution in [0.3, 0.4) is 0 Å². The third-order valence-electron chi connectivity index (χ3n) is 2.05. The first kappa shape index (κ1) is 11.6. The Morgan fingerprint density at radius 3 is 2.50 bits per heavy atom. The highest BCUT2D eigenvalue weighted by molar-refractivity contribution is 14.1. The van der Waals surface area contributed by atoms with Crippen molar-refractivity contribution in [1.29, 1.82) is 0 Å². The molecular weight excluding hydrogens is 319 g/mol. The van der Waals surface area contributed by atoms with Gasteiger partial charge in [-0.15, -0.1) is 0 Å². The van der Waals surface area contributed by atoms with Crippen LogP contribution in [0.1, 0.15) is 13.8 Å². The Morgan fingerprint density at radius 1 is 1.25 bits per heavy atom. The number of hydrogen-bond donors (Lipinski definition) is 0.